The number of hydrogen-bond acceptors (Lipinski definition) is 2. The van der Waals surface area contributed by atoms with E-state index in [-0.39, 0.29) is 5.56 Å². The summed E-state index contributed by atoms with van der Waals surface area (Å²) < 4.78 is 52.3. The number of alkyl halides is 2. The monoisotopic (exact) mass is 290 g/mol. The largest absolute Gasteiger partial charge is 0.350 e. The highest BCUT2D eigenvalue weighted by atomic mass is 19.3. The second-order valence-electron chi connectivity index (χ2n) is 4.89. The molecule has 1 aliphatic carbocycles. The summed E-state index contributed by atoms with van der Waals surface area (Å²) in [6, 6.07) is 3.00. The average Bonchev–Trinajstić information content (AvgIpc) is 3.19. The van der Waals surface area contributed by atoms with Crippen molar-refractivity contribution in [2.45, 2.75) is 18.3 Å². The Morgan fingerprint density at radius 2 is 2.10 bits per heavy atom. The molecule has 2 unspecified atom stereocenters. The molecule has 2 rings (SSSR count). The predicted octanol–water partition coefficient (Wildman–Crippen LogP) is 1.78. The van der Waals surface area contributed by atoms with Crippen LogP contribution in [0.15, 0.2) is 18.2 Å². The van der Waals surface area contributed by atoms with Crippen molar-refractivity contribution in [2.24, 2.45) is 11.7 Å². The highest BCUT2D eigenvalue weighted by molar-refractivity contribution is 5.82. The topological polar surface area (TPSA) is 55.1 Å². The molecule has 0 spiro atoms. The quantitative estimate of drug-likeness (QED) is 0.812. The molecular formula is C13H14F4N2O. The highest BCUT2D eigenvalue weighted by Gasteiger charge is 2.45. The second-order valence-corrected chi connectivity index (χ2v) is 4.89. The molecular weight excluding hydrogens is 276 g/mol. The van der Waals surface area contributed by atoms with E-state index in [4.69, 9.17) is 5.73 Å². The molecule has 2 atom stereocenters. The number of amides is 1. The maximum atomic E-state index is 13.5. The summed E-state index contributed by atoms with van der Waals surface area (Å²) >= 11 is 0. The number of benzene rings is 1. The first kappa shape index (κ1) is 14.8. The zero-order valence-corrected chi connectivity index (χ0v) is 10.5. The summed E-state index contributed by atoms with van der Waals surface area (Å²) in [5.41, 5.74) is 4.95. The third kappa shape index (κ3) is 3.27. The maximum Gasteiger partial charge on any atom is 0.277 e. The van der Waals surface area contributed by atoms with Gasteiger partial charge in [-0.05, 0) is 36.1 Å². The van der Waals surface area contributed by atoms with Gasteiger partial charge in [0.25, 0.3) is 5.92 Å². The molecule has 1 aromatic rings. The van der Waals surface area contributed by atoms with Crippen LogP contribution in [-0.2, 0) is 4.79 Å². The fourth-order valence-corrected chi connectivity index (χ4v) is 2.05. The van der Waals surface area contributed by atoms with Crippen LogP contribution in [0, 0.1) is 17.6 Å². The van der Waals surface area contributed by atoms with Crippen LogP contribution in [-0.4, -0.2) is 24.9 Å². The molecule has 0 radical (unpaired) electrons. The van der Waals surface area contributed by atoms with Crippen LogP contribution in [0.1, 0.15) is 17.9 Å². The van der Waals surface area contributed by atoms with Gasteiger partial charge in [-0.3, -0.25) is 4.79 Å². The van der Waals surface area contributed by atoms with Crippen LogP contribution in [0.25, 0.3) is 0 Å². The average molecular weight is 290 g/mol. The van der Waals surface area contributed by atoms with Gasteiger partial charge >= 0.3 is 0 Å². The Labute approximate surface area is 113 Å². The fraction of sp³-hybridized carbons (Fsp3) is 0.462. The van der Waals surface area contributed by atoms with Crippen molar-refractivity contribution in [1.82, 2.24) is 5.32 Å². The lowest BCUT2D eigenvalue weighted by Crippen LogP contribution is -2.42. The van der Waals surface area contributed by atoms with E-state index >= 15 is 0 Å². The van der Waals surface area contributed by atoms with Gasteiger partial charge in [0.05, 0.1) is 13.1 Å². The van der Waals surface area contributed by atoms with Gasteiger partial charge in [0, 0.05) is 5.92 Å². The van der Waals surface area contributed by atoms with Crippen LogP contribution in [0.5, 0.6) is 0 Å². The van der Waals surface area contributed by atoms with E-state index in [9.17, 15) is 22.4 Å². The fourth-order valence-electron chi connectivity index (χ4n) is 2.05. The van der Waals surface area contributed by atoms with Crippen molar-refractivity contribution in [2.75, 3.05) is 13.1 Å². The van der Waals surface area contributed by atoms with E-state index in [0.29, 0.717) is 6.42 Å². The molecule has 0 aliphatic heterocycles. The molecule has 110 valence electrons. The number of nitrogens with one attached hydrogen (secondary N) is 1. The van der Waals surface area contributed by atoms with Gasteiger partial charge in [-0.1, -0.05) is 0 Å². The summed E-state index contributed by atoms with van der Waals surface area (Å²) in [5.74, 6) is -6.01. The van der Waals surface area contributed by atoms with Crippen LogP contribution in [0.4, 0.5) is 17.6 Å². The van der Waals surface area contributed by atoms with E-state index in [1.54, 1.807) is 0 Å². The Balaban J connectivity index is 1.94. The van der Waals surface area contributed by atoms with Gasteiger partial charge in [-0.25, -0.2) is 17.6 Å². The molecule has 0 aromatic heterocycles. The van der Waals surface area contributed by atoms with Crippen LogP contribution in [0.3, 0.4) is 0 Å². The van der Waals surface area contributed by atoms with Gasteiger partial charge in [-0.15, -0.1) is 0 Å². The van der Waals surface area contributed by atoms with Gasteiger partial charge in [0.1, 0.15) is 11.6 Å². The minimum Gasteiger partial charge on any atom is -0.350 e. The van der Waals surface area contributed by atoms with Crippen LogP contribution >= 0.6 is 0 Å². The molecule has 7 heteroatoms. The van der Waals surface area contributed by atoms with Crippen molar-refractivity contribution in [3.05, 3.63) is 35.4 Å². The maximum absolute atomic E-state index is 13.5. The molecule has 1 fully saturated rings. The smallest absolute Gasteiger partial charge is 0.277 e. The van der Waals surface area contributed by atoms with E-state index in [0.717, 1.165) is 18.2 Å². The van der Waals surface area contributed by atoms with Gasteiger partial charge in [0.15, 0.2) is 0 Å². The first-order valence-corrected chi connectivity index (χ1v) is 6.14. The number of rotatable bonds is 5. The summed E-state index contributed by atoms with van der Waals surface area (Å²) in [6.07, 6.45) is 0.320. The van der Waals surface area contributed by atoms with Crippen molar-refractivity contribution in [3.8, 4) is 0 Å². The number of carbonyl (C=O) groups excluding carboxylic acids is 1. The molecule has 0 saturated heterocycles. The summed E-state index contributed by atoms with van der Waals surface area (Å²) in [4.78, 5) is 11.6. The highest BCUT2D eigenvalue weighted by Crippen LogP contribution is 2.48. The number of carbonyl (C=O) groups is 1. The Bertz CT molecular complexity index is 521. The molecule has 1 saturated carbocycles. The molecule has 1 amide bonds. The second kappa shape index (κ2) is 5.40. The van der Waals surface area contributed by atoms with E-state index in [2.05, 4.69) is 5.32 Å². The molecule has 1 aromatic carbocycles. The third-order valence-electron chi connectivity index (χ3n) is 3.30. The normalized spacial score (nSPS) is 21.6. The Morgan fingerprint density at radius 3 is 2.75 bits per heavy atom. The standard InChI is InChI=1S/C13H14F4N2O/c14-7-1-2-11(15)9(3-7)8-4-10(8)12(20)19-6-13(16,17)5-18/h1-3,8,10H,4-6,18H2,(H,19,20). The summed E-state index contributed by atoms with van der Waals surface area (Å²) in [6.45, 7) is -1.71. The van der Waals surface area contributed by atoms with Gasteiger partial charge in [-0.2, -0.15) is 0 Å². The molecule has 1 aliphatic rings. The van der Waals surface area contributed by atoms with Crippen molar-refractivity contribution >= 4 is 5.91 Å². The number of nitrogens with two attached hydrogens (primary N) is 1. The predicted molar refractivity (Wildman–Crippen MR) is 64.2 cm³/mol. The van der Waals surface area contributed by atoms with Gasteiger partial charge in [0.2, 0.25) is 5.91 Å². The van der Waals surface area contributed by atoms with E-state index < -0.39 is 48.4 Å². The Hall–Kier alpha value is -1.63. The molecule has 3 nitrogen and oxygen atoms in total. The van der Waals surface area contributed by atoms with Crippen LogP contribution in [0.2, 0.25) is 0 Å². The van der Waals surface area contributed by atoms with Crippen molar-refractivity contribution < 1.29 is 22.4 Å². The van der Waals surface area contributed by atoms with Gasteiger partial charge < -0.3 is 11.1 Å². The lowest BCUT2D eigenvalue weighted by Gasteiger charge is -2.14. The summed E-state index contributed by atoms with van der Waals surface area (Å²) in [5, 5.41) is 2.08. The SMILES string of the molecule is NCC(F)(F)CNC(=O)C1CC1c1cc(F)ccc1F. The van der Waals surface area contributed by atoms with Crippen molar-refractivity contribution in [3.63, 3.8) is 0 Å². The molecule has 0 bridgehead atoms. The van der Waals surface area contributed by atoms with Crippen LogP contribution < -0.4 is 11.1 Å². The van der Waals surface area contributed by atoms with E-state index in [1.807, 2.05) is 0 Å². The third-order valence-corrected chi connectivity index (χ3v) is 3.30. The minimum atomic E-state index is -3.16. The lowest BCUT2D eigenvalue weighted by molar-refractivity contribution is -0.124. The Morgan fingerprint density at radius 1 is 1.40 bits per heavy atom. The van der Waals surface area contributed by atoms with E-state index in [1.165, 1.54) is 0 Å². The first-order valence-electron chi connectivity index (χ1n) is 6.14. The number of hydrogen-bond donors (Lipinski definition) is 2. The Kier molecular flexibility index (Phi) is 3.99. The molecule has 20 heavy (non-hydrogen) atoms. The first-order chi connectivity index (χ1) is 9.34. The molecule has 3 N–H and O–H groups in total. The number of halogens is 4. The molecule has 0 heterocycles. The lowest BCUT2D eigenvalue weighted by atomic mass is 10.1. The summed E-state index contributed by atoms with van der Waals surface area (Å²) in [7, 11) is 0. The zero-order valence-electron chi connectivity index (χ0n) is 10.5. The minimum absolute atomic E-state index is 0.107. The van der Waals surface area contributed by atoms with Crippen molar-refractivity contribution in [1.29, 1.82) is 0 Å². The zero-order chi connectivity index (χ0) is 14.9.